The van der Waals surface area contributed by atoms with E-state index >= 15 is 0 Å². The van der Waals surface area contributed by atoms with Gasteiger partial charge < -0.3 is 14.8 Å². The summed E-state index contributed by atoms with van der Waals surface area (Å²) in [5.74, 6) is 0.193. The van der Waals surface area contributed by atoms with Gasteiger partial charge in [-0.1, -0.05) is 55.4 Å². The van der Waals surface area contributed by atoms with Gasteiger partial charge in [0, 0.05) is 34.8 Å². The maximum atomic E-state index is 10.6. The summed E-state index contributed by atoms with van der Waals surface area (Å²) in [6.07, 6.45) is 12.8. The van der Waals surface area contributed by atoms with Crippen molar-refractivity contribution >= 4 is 23.4 Å². The maximum absolute atomic E-state index is 10.6. The lowest BCUT2D eigenvalue weighted by Crippen LogP contribution is -2.09. The number of pyridine rings is 1. The van der Waals surface area contributed by atoms with Gasteiger partial charge in [0.2, 0.25) is 0 Å². The molecule has 0 aliphatic heterocycles. The normalized spacial score (nSPS) is 17.5. The quantitative estimate of drug-likeness (QED) is 0.624. The van der Waals surface area contributed by atoms with Gasteiger partial charge in [0.25, 0.3) is 0 Å². The summed E-state index contributed by atoms with van der Waals surface area (Å²) in [6.45, 7) is 6.47. The Morgan fingerprint density at radius 1 is 1.17 bits per heavy atom. The molecule has 2 heterocycles. The van der Waals surface area contributed by atoms with E-state index in [1.165, 1.54) is 0 Å². The van der Waals surface area contributed by atoms with Crippen LogP contribution in [0.2, 0.25) is 0 Å². The number of allylic oxidation sites excluding steroid dienone is 4. The van der Waals surface area contributed by atoms with E-state index in [1.54, 1.807) is 31.1 Å². The zero-order valence-electron chi connectivity index (χ0n) is 16.9. The highest BCUT2D eigenvalue weighted by atomic mass is 35.5. The maximum Gasteiger partial charge on any atom is 0.0837 e. The molecule has 6 heteroatoms. The lowest BCUT2D eigenvalue weighted by molar-refractivity contribution is 0.191. The molecule has 0 amide bonds. The Balaban J connectivity index is 2.16. The first-order valence-electron chi connectivity index (χ1n) is 9.74. The Kier molecular flexibility index (Phi) is 7.41. The van der Waals surface area contributed by atoms with Crippen LogP contribution in [0.15, 0.2) is 65.0 Å². The van der Waals surface area contributed by atoms with Crippen molar-refractivity contribution in [3.8, 4) is 0 Å². The van der Waals surface area contributed by atoms with Crippen molar-refractivity contribution in [2.45, 2.75) is 56.2 Å². The summed E-state index contributed by atoms with van der Waals surface area (Å²) in [5, 5.41) is 22.6. The molecule has 154 valence electrons. The molecule has 2 unspecified atom stereocenters. The van der Waals surface area contributed by atoms with Crippen LogP contribution in [0, 0.1) is 0 Å². The van der Waals surface area contributed by atoms with Crippen molar-refractivity contribution in [2.24, 2.45) is 0 Å². The van der Waals surface area contributed by atoms with Crippen LogP contribution < -0.4 is 0 Å². The summed E-state index contributed by atoms with van der Waals surface area (Å²) in [7, 11) is 0. The molecule has 2 aromatic heterocycles. The molecule has 4 nitrogen and oxygen atoms in total. The van der Waals surface area contributed by atoms with E-state index in [-0.39, 0.29) is 17.8 Å². The summed E-state index contributed by atoms with van der Waals surface area (Å²) in [4.78, 5) is 4.10. The van der Waals surface area contributed by atoms with Crippen molar-refractivity contribution in [1.29, 1.82) is 0 Å². The number of aliphatic hydroxyl groups excluding tert-OH is 2. The van der Waals surface area contributed by atoms with Gasteiger partial charge in [-0.3, -0.25) is 4.98 Å². The third-order valence-corrected chi connectivity index (χ3v) is 6.36. The molecule has 0 spiro atoms. The Labute approximate surface area is 181 Å². The van der Waals surface area contributed by atoms with E-state index in [0.29, 0.717) is 11.6 Å². The van der Waals surface area contributed by atoms with Gasteiger partial charge in [-0.25, -0.2) is 0 Å². The van der Waals surface area contributed by atoms with Crippen LogP contribution in [0.1, 0.15) is 55.2 Å². The molecule has 29 heavy (non-hydrogen) atoms. The molecule has 0 radical (unpaired) electrons. The van der Waals surface area contributed by atoms with Gasteiger partial charge in [-0.2, -0.15) is 0 Å². The van der Waals surface area contributed by atoms with Crippen LogP contribution >= 0.6 is 23.4 Å². The van der Waals surface area contributed by atoms with Crippen molar-refractivity contribution in [3.63, 3.8) is 0 Å². The SMILES string of the molecule is CC(C)c1c(C(C)O)c(CO)n(Cc2ccncc2)c1SC1C=CC=CC(Cl)=C1. The number of aromatic nitrogens is 2. The number of halogens is 1. The number of aliphatic hydroxyl groups is 2. The van der Waals surface area contributed by atoms with Crippen molar-refractivity contribution in [1.82, 2.24) is 9.55 Å². The second-order valence-electron chi connectivity index (χ2n) is 7.39. The molecule has 0 bridgehead atoms. The minimum Gasteiger partial charge on any atom is -0.390 e. The fraction of sp³-hybridized carbons (Fsp3) is 0.348. The zero-order valence-corrected chi connectivity index (χ0v) is 18.5. The van der Waals surface area contributed by atoms with Crippen LogP contribution in [-0.2, 0) is 13.2 Å². The fourth-order valence-corrected chi connectivity index (χ4v) is 5.33. The summed E-state index contributed by atoms with van der Waals surface area (Å²) < 4.78 is 2.13. The van der Waals surface area contributed by atoms with E-state index in [9.17, 15) is 10.2 Å². The van der Waals surface area contributed by atoms with Crippen LogP contribution in [0.4, 0.5) is 0 Å². The molecular weight excluding hydrogens is 404 g/mol. The second kappa shape index (κ2) is 9.81. The lowest BCUT2D eigenvalue weighted by atomic mass is 9.97. The molecular formula is C23H27ClN2O2S. The molecule has 3 rings (SSSR count). The Morgan fingerprint density at radius 2 is 1.90 bits per heavy atom. The first kappa shape index (κ1) is 21.9. The van der Waals surface area contributed by atoms with Crippen molar-refractivity contribution < 1.29 is 10.2 Å². The van der Waals surface area contributed by atoms with Gasteiger partial charge in [0.15, 0.2) is 0 Å². The third kappa shape index (κ3) is 5.04. The molecule has 0 saturated heterocycles. The molecule has 2 atom stereocenters. The average molecular weight is 431 g/mol. The largest absolute Gasteiger partial charge is 0.390 e. The Hall–Kier alpha value is -1.79. The molecule has 0 saturated carbocycles. The predicted molar refractivity (Wildman–Crippen MR) is 120 cm³/mol. The van der Waals surface area contributed by atoms with Crippen LogP contribution in [-0.4, -0.2) is 25.0 Å². The average Bonchev–Trinajstić information content (AvgIpc) is 2.83. The predicted octanol–water partition coefficient (Wildman–Crippen LogP) is 5.31. The van der Waals surface area contributed by atoms with E-state index in [0.717, 1.165) is 27.4 Å². The Morgan fingerprint density at radius 3 is 2.52 bits per heavy atom. The number of hydrogen-bond acceptors (Lipinski definition) is 4. The zero-order chi connectivity index (χ0) is 21.0. The molecule has 2 N–H and O–H groups in total. The minimum absolute atomic E-state index is 0.0504. The molecule has 0 fully saturated rings. The van der Waals surface area contributed by atoms with E-state index in [2.05, 4.69) is 29.5 Å². The first-order chi connectivity index (χ1) is 13.9. The highest BCUT2D eigenvalue weighted by Crippen LogP contribution is 2.42. The number of hydrogen-bond donors (Lipinski definition) is 2. The van der Waals surface area contributed by atoms with Crippen molar-refractivity contribution in [3.05, 3.63) is 82.3 Å². The number of rotatable bonds is 7. The smallest absolute Gasteiger partial charge is 0.0837 e. The summed E-state index contributed by atoms with van der Waals surface area (Å²) >= 11 is 7.98. The van der Waals surface area contributed by atoms with Crippen LogP contribution in [0.25, 0.3) is 0 Å². The fourth-order valence-electron chi connectivity index (χ4n) is 3.64. The molecule has 0 aromatic carbocycles. The first-order valence-corrected chi connectivity index (χ1v) is 11.0. The van der Waals surface area contributed by atoms with Gasteiger partial charge in [-0.05, 0) is 48.3 Å². The van der Waals surface area contributed by atoms with Gasteiger partial charge in [-0.15, -0.1) is 0 Å². The van der Waals surface area contributed by atoms with E-state index < -0.39 is 6.10 Å². The van der Waals surface area contributed by atoms with E-state index in [4.69, 9.17) is 11.6 Å². The number of thioether (sulfide) groups is 1. The standard InChI is InChI=1S/C23H27ClN2O2S/c1-15(2)21-22(16(3)28)20(14-27)26(13-17-8-10-25-11-9-17)23(21)29-19-7-5-4-6-18(24)12-19/h4-12,15-16,19,27-28H,13-14H2,1-3H3. The van der Waals surface area contributed by atoms with Crippen LogP contribution in [0.5, 0.6) is 0 Å². The molecule has 2 aromatic rings. The summed E-state index contributed by atoms with van der Waals surface area (Å²) in [5.41, 5.74) is 3.75. The van der Waals surface area contributed by atoms with E-state index in [1.807, 2.05) is 36.4 Å². The highest BCUT2D eigenvalue weighted by Gasteiger charge is 2.28. The number of nitrogens with zero attached hydrogens (tertiary/aromatic N) is 2. The minimum atomic E-state index is -0.668. The van der Waals surface area contributed by atoms with Gasteiger partial charge in [0.05, 0.1) is 23.4 Å². The van der Waals surface area contributed by atoms with Gasteiger partial charge in [0.1, 0.15) is 0 Å². The lowest BCUT2D eigenvalue weighted by Gasteiger charge is -2.17. The van der Waals surface area contributed by atoms with Crippen LogP contribution in [0.3, 0.4) is 0 Å². The summed E-state index contributed by atoms with van der Waals surface area (Å²) in [6, 6.07) is 3.94. The third-order valence-electron chi connectivity index (χ3n) is 4.88. The topological polar surface area (TPSA) is 58.3 Å². The molecule has 1 aliphatic rings. The molecule has 1 aliphatic carbocycles. The second-order valence-corrected chi connectivity index (χ2v) is 8.99. The van der Waals surface area contributed by atoms with Gasteiger partial charge >= 0.3 is 0 Å². The van der Waals surface area contributed by atoms with Crippen molar-refractivity contribution in [2.75, 3.05) is 0 Å². The Bertz CT molecular complexity index is 930. The highest BCUT2D eigenvalue weighted by molar-refractivity contribution is 8.00. The monoisotopic (exact) mass is 430 g/mol.